The minimum Gasteiger partial charge on any atom is -0.378 e. The molecule has 2 heterocycles. The van der Waals surface area contributed by atoms with Crippen LogP contribution in [0.25, 0.3) is 0 Å². The number of fused-ring (bicyclic) bond motifs is 1. The number of nitrogens with zero attached hydrogens (tertiary/aromatic N) is 2. The maximum absolute atomic E-state index is 12.9. The molecule has 1 fully saturated rings. The lowest BCUT2D eigenvalue weighted by molar-refractivity contribution is -0.138. The molecular formula is C22H25N3O3. The molecule has 0 saturated carbocycles. The Kier molecular flexibility index (Phi) is 5.30. The molecule has 2 aromatic rings. The number of carbonyl (C=O) groups excluding carboxylic acids is 2. The Bertz CT molecular complexity index is 860. The van der Waals surface area contributed by atoms with E-state index in [0.29, 0.717) is 13.0 Å². The number of anilines is 2. The van der Waals surface area contributed by atoms with Crippen LogP contribution < -0.4 is 10.2 Å². The van der Waals surface area contributed by atoms with Crippen LogP contribution in [0.3, 0.4) is 0 Å². The zero-order chi connectivity index (χ0) is 19.5. The predicted octanol–water partition coefficient (Wildman–Crippen LogP) is 2.44. The van der Waals surface area contributed by atoms with Gasteiger partial charge >= 0.3 is 0 Å². The molecule has 0 spiro atoms. The minimum absolute atomic E-state index is 0.0858. The molecule has 2 aromatic carbocycles. The lowest BCUT2D eigenvalue weighted by atomic mass is 9.93. The van der Waals surface area contributed by atoms with E-state index in [1.165, 1.54) is 6.92 Å². The van der Waals surface area contributed by atoms with E-state index >= 15 is 0 Å². The molecule has 6 nitrogen and oxygen atoms in total. The largest absolute Gasteiger partial charge is 0.378 e. The third kappa shape index (κ3) is 3.87. The van der Waals surface area contributed by atoms with E-state index in [-0.39, 0.29) is 11.8 Å². The van der Waals surface area contributed by atoms with Gasteiger partial charge in [-0.1, -0.05) is 24.3 Å². The van der Waals surface area contributed by atoms with Crippen LogP contribution in [0, 0.1) is 0 Å². The molecule has 0 aliphatic carbocycles. The van der Waals surface area contributed by atoms with E-state index in [2.05, 4.69) is 10.2 Å². The van der Waals surface area contributed by atoms with Gasteiger partial charge in [0.15, 0.2) is 0 Å². The fraction of sp³-hybridized carbons (Fsp3) is 0.364. The quantitative estimate of drug-likeness (QED) is 0.890. The van der Waals surface area contributed by atoms with Gasteiger partial charge in [-0.2, -0.15) is 0 Å². The highest BCUT2D eigenvalue weighted by molar-refractivity contribution is 5.97. The average molecular weight is 379 g/mol. The Hall–Kier alpha value is -2.86. The van der Waals surface area contributed by atoms with Gasteiger partial charge < -0.3 is 19.9 Å². The van der Waals surface area contributed by atoms with Crippen LogP contribution in [0.2, 0.25) is 0 Å². The molecule has 0 unspecified atom stereocenters. The Labute approximate surface area is 165 Å². The van der Waals surface area contributed by atoms with Crippen molar-refractivity contribution in [1.29, 1.82) is 0 Å². The summed E-state index contributed by atoms with van der Waals surface area (Å²) in [5.74, 6) is -0.235. The van der Waals surface area contributed by atoms with Gasteiger partial charge in [0.2, 0.25) is 11.8 Å². The van der Waals surface area contributed by atoms with Crippen LogP contribution in [-0.4, -0.2) is 49.1 Å². The molecule has 4 rings (SSSR count). The summed E-state index contributed by atoms with van der Waals surface area (Å²) in [5, 5.41) is 2.98. The average Bonchev–Trinajstić information content (AvgIpc) is 2.74. The van der Waals surface area contributed by atoms with Crippen LogP contribution in [0.5, 0.6) is 0 Å². The molecule has 0 radical (unpaired) electrons. The van der Waals surface area contributed by atoms with Crippen LogP contribution in [0.1, 0.15) is 18.1 Å². The number of amides is 2. The second-order valence-electron chi connectivity index (χ2n) is 7.27. The molecule has 2 aliphatic heterocycles. The number of nitrogens with one attached hydrogen (secondary N) is 1. The number of morpholine rings is 1. The van der Waals surface area contributed by atoms with Crippen molar-refractivity contribution in [3.63, 3.8) is 0 Å². The number of ether oxygens (including phenoxy) is 1. The molecule has 28 heavy (non-hydrogen) atoms. The molecule has 1 saturated heterocycles. The normalized spacial score (nSPS) is 19.1. The number of hydrogen-bond donors (Lipinski definition) is 1. The first kappa shape index (κ1) is 18.5. The van der Waals surface area contributed by atoms with Gasteiger partial charge in [0.05, 0.1) is 13.2 Å². The van der Waals surface area contributed by atoms with Crippen molar-refractivity contribution in [3.8, 4) is 0 Å². The molecule has 0 bridgehead atoms. The van der Waals surface area contributed by atoms with Gasteiger partial charge in [-0.3, -0.25) is 9.59 Å². The van der Waals surface area contributed by atoms with Gasteiger partial charge in [0.1, 0.15) is 6.04 Å². The predicted molar refractivity (Wildman–Crippen MR) is 108 cm³/mol. The number of carbonyl (C=O) groups is 2. The van der Waals surface area contributed by atoms with Gasteiger partial charge in [0.25, 0.3) is 0 Å². The van der Waals surface area contributed by atoms with Crippen molar-refractivity contribution >= 4 is 23.2 Å². The Morgan fingerprint density at radius 2 is 1.68 bits per heavy atom. The number of hydrogen-bond acceptors (Lipinski definition) is 4. The molecule has 146 valence electrons. The fourth-order valence-electron chi connectivity index (χ4n) is 3.89. The van der Waals surface area contributed by atoms with Gasteiger partial charge in [-0.25, -0.2) is 0 Å². The summed E-state index contributed by atoms with van der Waals surface area (Å²) >= 11 is 0. The third-order valence-electron chi connectivity index (χ3n) is 5.47. The van der Waals surface area contributed by atoms with Crippen molar-refractivity contribution < 1.29 is 14.3 Å². The summed E-state index contributed by atoms with van der Waals surface area (Å²) < 4.78 is 5.39. The summed E-state index contributed by atoms with van der Waals surface area (Å²) in [6.45, 7) is 5.22. The topological polar surface area (TPSA) is 61.9 Å². The van der Waals surface area contributed by atoms with Crippen molar-refractivity contribution in [2.45, 2.75) is 25.9 Å². The highest BCUT2D eigenvalue weighted by Crippen LogP contribution is 2.25. The fourth-order valence-corrected chi connectivity index (χ4v) is 3.89. The van der Waals surface area contributed by atoms with Crippen molar-refractivity contribution in [2.75, 3.05) is 36.5 Å². The first-order chi connectivity index (χ1) is 13.6. The summed E-state index contributed by atoms with van der Waals surface area (Å²) in [4.78, 5) is 29.0. The Morgan fingerprint density at radius 1 is 1.00 bits per heavy atom. The second kappa shape index (κ2) is 8.02. The number of benzene rings is 2. The summed E-state index contributed by atoms with van der Waals surface area (Å²) in [5.41, 5.74) is 4.10. The highest BCUT2D eigenvalue weighted by atomic mass is 16.5. The molecule has 2 aliphatic rings. The van der Waals surface area contributed by atoms with Crippen LogP contribution >= 0.6 is 0 Å². The first-order valence-corrected chi connectivity index (χ1v) is 9.69. The lowest BCUT2D eigenvalue weighted by Gasteiger charge is -2.35. The number of rotatable bonds is 3. The minimum atomic E-state index is -0.494. The van der Waals surface area contributed by atoms with E-state index in [9.17, 15) is 9.59 Å². The van der Waals surface area contributed by atoms with Crippen LogP contribution in [0.15, 0.2) is 48.5 Å². The van der Waals surface area contributed by atoms with Gasteiger partial charge in [0, 0.05) is 44.4 Å². The lowest BCUT2D eigenvalue weighted by Crippen LogP contribution is -2.49. The maximum Gasteiger partial charge on any atom is 0.247 e. The molecule has 0 aromatic heterocycles. The van der Waals surface area contributed by atoms with Gasteiger partial charge in [-0.15, -0.1) is 0 Å². The molecule has 1 N–H and O–H groups in total. The van der Waals surface area contributed by atoms with Crippen molar-refractivity contribution in [3.05, 3.63) is 59.7 Å². The molecule has 1 atom stereocenters. The first-order valence-electron chi connectivity index (χ1n) is 9.69. The molecule has 6 heteroatoms. The van der Waals surface area contributed by atoms with E-state index < -0.39 is 6.04 Å². The van der Waals surface area contributed by atoms with E-state index in [1.54, 1.807) is 4.90 Å². The summed E-state index contributed by atoms with van der Waals surface area (Å²) in [6.07, 6.45) is 0.535. The summed E-state index contributed by atoms with van der Waals surface area (Å²) in [7, 11) is 0. The zero-order valence-corrected chi connectivity index (χ0v) is 16.1. The highest BCUT2D eigenvalue weighted by Gasteiger charge is 2.33. The smallest absolute Gasteiger partial charge is 0.247 e. The van der Waals surface area contributed by atoms with Crippen LogP contribution in [0.4, 0.5) is 11.4 Å². The van der Waals surface area contributed by atoms with Gasteiger partial charge in [-0.05, 0) is 35.4 Å². The maximum atomic E-state index is 12.9. The molecular weight excluding hydrogens is 354 g/mol. The van der Waals surface area contributed by atoms with Crippen molar-refractivity contribution in [2.24, 2.45) is 0 Å². The van der Waals surface area contributed by atoms with Crippen LogP contribution in [-0.2, 0) is 27.3 Å². The second-order valence-corrected chi connectivity index (χ2v) is 7.27. The third-order valence-corrected chi connectivity index (χ3v) is 5.47. The Balaban J connectivity index is 1.47. The van der Waals surface area contributed by atoms with Crippen molar-refractivity contribution in [1.82, 2.24) is 4.90 Å². The van der Waals surface area contributed by atoms with E-state index in [4.69, 9.17) is 4.74 Å². The van der Waals surface area contributed by atoms with E-state index in [0.717, 1.165) is 48.8 Å². The monoisotopic (exact) mass is 379 g/mol. The summed E-state index contributed by atoms with van der Waals surface area (Å²) in [6, 6.07) is 15.4. The Morgan fingerprint density at radius 3 is 2.36 bits per heavy atom. The molecule has 2 amide bonds. The standard InChI is InChI=1S/C22H25N3O3/c1-16(26)25-15-18-5-3-2-4-17(18)14-21(25)22(27)23-19-6-8-20(9-7-19)24-10-12-28-13-11-24/h2-9,21H,10-15H2,1H3,(H,23,27)/t21-/m0/s1. The zero-order valence-electron chi connectivity index (χ0n) is 16.1. The SMILES string of the molecule is CC(=O)N1Cc2ccccc2C[C@H]1C(=O)Nc1ccc(N2CCOCC2)cc1. The van der Waals surface area contributed by atoms with E-state index in [1.807, 2.05) is 48.5 Å².